The number of hydrogen-bond donors (Lipinski definition) is 4. The zero-order chi connectivity index (χ0) is 20.4. The van der Waals surface area contributed by atoms with Crippen LogP contribution in [0.1, 0.15) is 31.5 Å². The van der Waals surface area contributed by atoms with Crippen molar-refractivity contribution in [3.8, 4) is 11.4 Å². The Bertz CT molecular complexity index is 888. The average molecular weight is 398 g/mol. The van der Waals surface area contributed by atoms with Crippen LogP contribution in [0, 0.1) is 12.8 Å². The Morgan fingerprint density at radius 3 is 2.76 bits per heavy atom. The Balaban J connectivity index is 1.27. The van der Waals surface area contributed by atoms with E-state index < -0.39 is 5.97 Å². The maximum Gasteiger partial charge on any atom is 0.319 e. The number of urea groups is 1. The molecule has 9 heteroatoms. The van der Waals surface area contributed by atoms with Crippen LogP contribution < -0.4 is 10.6 Å². The lowest BCUT2D eigenvalue weighted by Crippen LogP contribution is -2.55. The summed E-state index contributed by atoms with van der Waals surface area (Å²) in [6.45, 7) is 2.76. The van der Waals surface area contributed by atoms with Crippen molar-refractivity contribution < 1.29 is 14.7 Å². The number of amides is 2. The van der Waals surface area contributed by atoms with Crippen molar-refractivity contribution in [1.82, 2.24) is 25.4 Å². The molecule has 0 bridgehead atoms. The maximum absolute atomic E-state index is 12.3. The summed E-state index contributed by atoms with van der Waals surface area (Å²) in [5.41, 5.74) is 1.49. The van der Waals surface area contributed by atoms with Crippen molar-refractivity contribution >= 4 is 17.7 Å². The van der Waals surface area contributed by atoms with E-state index in [1.165, 1.54) is 12.8 Å². The van der Waals surface area contributed by atoms with E-state index in [1.807, 2.05) is 31.2 Å². The van der Waals surface area contributed by atoms with Crippen molar-refractivity contribution in [1.29, 1.82) is 0 Å². The molecule has 2 saturated carbocycles. The molecule has 29 heavy (non-hydrogen) atoms. The van der Waals surface area contributed by atoms with Gasteiger partial charge in [-0.1, -0.05) is 12.1 Å². The molecule has 2 fully saturated rings. The third kappa shape index (κ3) is 5.11. The average Bonchev–Trinajstić information content (AvgIpc) is 3.34. The van der Waals surface area contributed by atoms with Gasteiger partial charge in [0.1, 0.15) is 5.82 Å². The number of benzene rings is 1. The molecule has 4 N–H and O–H groups in total. The van der Waals surface area contributed by atoms with E-state index in [0.29, 0.717) is 17.4 Å². The molecule has 0 aliphatic heterocycles. The number of hydrogen-bond acceptors (Lipinski definition) is 5. The highest BCUT2D eigenvalue weighted by Gasteiger charge is 2.37. The first-order chi connectivity index (χ1) is 14.0. The minimum absolute atomic E-state index is 0.0642. The molecule has 0 radical (unpaired) electrons. The van der Waals surface area contributed by atoms with Gasteiger partial charge in [-0.3, -0.25) is 14.8 Å². The smallest absolute Gasteiger partial charge is 0.319 e. The summed E-state index contributed by atoms with van der Waals surface area (Å²) in [4.78, 5) is 29.8. The quantitative estimate of drug-likeness (QED) is 0.541. The van der Waals surface area contributed by atoms with Crippen LogP contribution in [0.2, 0.25) is 0 Å². The largest absolute Gasteiger partial charge is 0.480 e. The van der Waals surface area contributed by atoms with Crippen molar-refractivity contribution in [3.05, 3.63) is 30.1 Å². The van der Waals surface area contributed by atoms with Crippen LogP contribution >= 0.6 is 0 Å². The first kappa shape index (κ1) is 19.4. The molecule has 0 atom stereocenters. The van der Waals surface area contributed by atoms with E-state index in [4.69, 9.17) is 5.11 Å². The van der Waals surface area contributed by atoms with E-state index in [9.17, 15) is 9.59 Å². The summed E-state index contributed by atoms with van der Waals surface area (Å²) in [6.07, 6.45) is 3.95. The molecule has 4 rings (SSSR count). The van der Waals surface area contributed by atoms with Crippen LogP contribution in [0.5, 0.6) is 0 Å². The van der Waals surface area contributed by atoms with Gasteiger partial charge in [-0.25, -0.2) is 9.78 Å². The molecule has 1 aromatic heterocycles. The number of aromatic nitrogens is 3. The zero-order valence-corrected chi connectivity index (χ0v) is 16.4. The number of carbonyl (C=O) groups excluding carboxylic acids is 1. The fraction of sp³-hybridized carbons (Fsp3) is 0.500. The standard InChI is InChI=1S/C20H26N6O3/c1-12-21-19(25-24-12)14-3-2-4-15(7-14)22-20(29)23-16-8-17(9-16)26(11-18(27)28)10-13-5-6-13/h2-4,7,13,16-17H,5-6,8-11H2,1H3,(H,27,28)(H,21,24,25)(H2,22,23,29). The number of H-pyrrole nitrogens is 1. The molecule has 2 aliphatic rings. The number of carboxylic acids is 1. The minimum Gasteiger partial charge on any atom is -0.480 e. The molecule has 2 aliphatic carbocycles. The first-order valence-electron chi connectivity index (χ1n) is 9.99. The lowest BCUT2D eigenvalue weighted by atomic mass is 9.85. The Hall–Kier alpha value is -2.94. The molecule has 2 aromatic rings. The van der Waals surface area contributed by atoms with Gasteiger partial charge >= 0.3 is 12.0 Å². The second-order valence-corrected chi connectivity index (χ2v) is 8.01. The predicted octanol–water partition coefficient (Wildman–Crippen LogP) is 2.23. The number of nitrogens with zero attached hydrogens (tertiary/aromatic N) is 3. The Labute approximate surface area is 168 Å². The highest BCUT2D eigenvalue weighted by Crippen LogP contribution is 2.33. The zero-order valence-electron chi connectivity index (χ0n) is 16.4. The summed E-state index contributed by atoms with van der Waals surface area (Å²) in [5, 5.41) is 21.9. The second-order valence-electron chi connectivity index (χ2n) is 8.01. The molecular formula is C20H26N6O3. The summed E-state index contributed by atoms with van der Waals surface area (Å²) >= 11 is 0. The number of aromatic amines is 1. The number of nitrogens with one attached hydrogen (secondary N) is 3. The van der Waals surface area contributed by atoms with E-state index in [2.05, 4.69) is 30.7 Å². The molecule has 1 aromatic carbocycles. The summed E-state index contributed by atoms with van der Waals surface area (Å²) in [5.74, 6) is 1.17. The molecule has 2 amide bonds. The van der Waals surface area contributed by atoms with Gasteiger partial charge in [0.05, 0.1) is 6.54 Å². The van der Waals surface area contributed by atoms with Gasteiger partial charge in [-0.15, -0.1) is 0 Å². The summed E-state index contributed by atoms with van der Waals surface area (Å²) in [6, 6.07) is 7.41. The first-order valence-corrected chi connectivity index (χ1v) is 9.99. The fourth-order valence-corrected chi connectivity index (χ4v) is 3.71. The van der Waals surface area contributed by atoms with Gasteiger partial charge in [0.15, 0.2) is 5.82 Å². The number of carboxylic acid groups (broad SMARTS) is 1. The normalized spacial score (nSPS) is 20.9. The SMILES string of the molecule is Cc1nc(-c2cccc(NC(=O)NC3CC(N(CC(=O)O)CC4CC4)C3)c2)n[nH]1. The van der Waals surface area contributed by atoms with E-state index in [-0.39, 0.29) is 24.7 Å². The highest BCUT2D eigenvalue weighted by molar-refractivity contribution is 5.90. The minimum atomic E-state index is -0.790. The van der Waals surface area contributed by atoms with Crippen molar-refractivity contribution in [2.24, 2.45) is 5.92 Å². The third-order valence-corrected chi connectivity index (χ3v) is 5.47. The Morgan fingerprint density at radius 2 is 2.10 bits per heavy atom. The molecule has 9 nitrogen and oxygen atoms in total. The maximum atomic E-state index is 12.3. The van der Waals surface area contributed by atoms with Crippen molar-refractivity contribution in [3.63, 3.8) is 0 Å². The lowest BCUT2D eigenvalue weighted by Gasteiger charge is -2.42. The van der Waals surface area contributed by atoms with Gasteiger partial charge < -0.3 is 15.7 Å². The van der Waals surface area contributed by atoms with Crippen LogP contribution in [-0.2, 0) is 4.79 Å². The van der Waals surface area contributed by atoms with Crippen LogP contribution in [0.3, 0.4) is 0 Å². The number of aryl methyl sites for hydroxylation is 1. The molecule has 0 spiro atoms. The predicted molar refractivity (Wildman–Crippen MR) is 107 cm³/mol. The highest BCUT2D eigenvalue weighted by atomic mass is 16.4. The monoisotopic (exact) mass is 398 g/mol. The molecule has 1 heterocycles. The van der Waals surface area contributed by atoms with Gasteiger partial charge in [-0.05, 0) is 50.7 Å². The summed E-state index contributed by atoms with van der Waals surface area (Å²) < 4.78 is 0. The lowest BCUT2D eigenvalue weighted by molar-refractivity contribution is -0.139. The second kappa shape index (κ2) is 8.20. The van der Waals surface area contributed by atoms with Gasteiger partial charge in [0.2, 0.25) is 0 Å². The molecule has 0 unspecified atom stereocenters. The van der Waals surface area contributed by atoms with Crippen molar-refractivity contribution in [2.75, 3.05) is 18.4 Å². The fourth-order valence-electron chi connectivity index (χ4n) is 3.71. The Kier molecular flexibility index (Phi) is 5.48. The van der Waals surface area contributed by atoms with Crippen LogP contribution in [-0.4, -0.2) is 62.4 Å². The van der Waals surface area contributed by atoms with Crippen LogP contribution in [0.25, 0.3) is 11.4 Å². The van der Waals surface area contributed by atoms with E-state index in [0.717, 1.165) is 30.8 Å². The van der Waals surface area contributed by atoms with Gasteiger partial charge in [0, 0.05) is 29.9 Å². The van der Waals surface area contributed by atoms with E-state index >= 15 is 0 Å². The van der Waals surface area contributed by atoms with E-state index in [1.54, 1.807) is 0 Å². The number of carbonyl (C=O) groups is 2. The molecule has 0 saturated heterocycles. The topological polar surface area (TPSA) is 123 Å². The molecule has 154 valence electrons. The summed E-state index contributed by atoms with van der Waals surface area (Å²) in [7, 11) is 0. The number of aliphatic carboxylic acids is 1. The number of anilines is 1. The van der Waals surface area contributed by atoms with Crippen LogP contribution in [0.4, 0.5) is 10.5 Å². The van der Waals surface area contributed by atoms with Gasteiger partial charge in [-0.2, -0.15) is 5.10 Å². The van der Waals surface area contributed by atoms with Gasteiger partial charge in [0.25, 0.3) is 0 Å². The van der Waals surface area contributed by atoms with Crippen molar-refractivity contribution in [2.45, 2.75) is 44.7 Å². The van der Waals surface area contributed by atoms with Crippen LogP contribution in [0.15, 0.2) is 24.3 Å². The third-order valence-electron chi connectivity index (χ3n) is 5.47. The Morgan fingerprint density at radius 1 is 1.31 bits per heavy atom. The number of rotatable bonds is 8. The molecular weight excluding hydrogens is 372 g/mol.